The minimum atomic E-state index is -0.749. The first-order valence-electron chi connectivity index (χ1n) is 10.4. The monoisotopic (exact) mass is 495 g/mol. The van der Waals surface area contributed by atoms with Gasteiger partial charge in [-0.1, -0.05) is 24.3 Å². The number of nitro benzene ring substituents is 1. The SMILES string of the molecule is COC(=O)c1ccc(CN2C(=O)NC(=Cc3cccc([N+](=O)[O-])c3OCc3ccc(F)cc3)C2=O)o1. The number of hydrogen-bond donors (Lipinski definition) is 1. The molecular formula is C24H18FN3O8. The Morgan fingerprint density at radius 2 is 1.92 bits per heavy atom. The van der Waals surface area contributed by atoms with Gasteiger partial charge in [0.25, 0.3) is 5.91 Å². The number of ether oxygens (including phenoxy) is 2. The number of imide groups is 1. The summed E-state index contributed by atoms with van der Waals surface area (Å²) in [6.45, 7) is -0.364. The van der Waals surface area contributed by atoms with Crippen molar-refractivity contribution in [1.82, 2.24) is 10.2 Å². The number of esters is 1. The molecule has 12 heteroatoms. The lowest BCUT2D eigenvalue weighted by molar-refractivity contribution is -0.386. The molecule has 1 saturated heterocycles. The highest BCUT2D eigenvalue weighted by molar-refractivity contribution is 6.14. The molecule has 11 nitrogen and oxygen atoms in total. The lowest BCUT2D eigenvalue weighted by Crippen LogP contribution is -2.30. The van der Waals surface area contributed by atoms with Crippen LogP contribution < -0.4 is 10.1 Å². The van der Waals surface area contributed by atoms with E-state index >= 15 is 0 Å². The lowest BCUT2D eigenvalue weighted by Gasteiger charge is -2.11. The van der Waals surface area contributed by atoms with Crippen LogP contribution in [0.3, 0.4) is 0 Å². The summed E-state index contributed by atoms with van der Waals surface area (Å²) < 4.78 is 28.7. The van der Waals surface area contributed by atoms with Gasteiger partial charge >= 0.3 is 17.7 Å². The molecule has 36 heavy (non-hydrogen) atoms. The molecule has 0 unspecified atom stereocenters. The van der Waals surface area contributed by atoms with E-state index in [2.05, 4.69) is 10.1 Å². The predicted octanol–water partition coefficient (Wildman–Crippen LogP) is 3.79. The van der Waals surface area contributed by atoms with Gasteiger partial charge in [0.05, 0.1) is 18.6 Å². The first-order chi connectivity index (χ1) is 17.3. The maximum absolute atomic E-state index is 13.2. The van der Waals surface area contributed by atoms with Crippen molar-refractivity contribution in [2.45, 2.75) is 13.2 Å². The molecule has 4 rings (SSSR count). The van der Waals surface area contributed by atoms with Crippen LogP contribution in [0.5, 0.6) is 5.75 Å². The van der Waals surface area contributed by atoms with Crippen molar-refractivity contribution in [3.05, 3.63) is 98.9 Å². The molecule has 2 aromatic carbocycles. The molecule has 1 N–H and O–H groups in total. The molecule has 0 atom stereocenters. The highest BCUT2D eigenvalue weighted by atomic mass is 19.1. The van der Waals surface area contributed by atoms with E-state index < -0.39 is 28.6 Å². The van der Waals surface area contributed by atoms with E-state index in [0.29, 0.717) is 5.56 Å². The highest BCUT2D eigenvalue weighted by Gasteiger charge is 2.35. The fourth-order valence-electron chi connectivity index (χ4n) is 3.39. The number of nitrogens with one attached hydrogen (secondary N) is 1. The van der Waals surface area contributed by atoms with Crippen LogP contribution in [0.15, 0.2) is 64.7 Å². The van der Waals surface area contributed by atoms with Gasteiger partial charge in [0.2, 0.25) is 11.5 Å². The Hall–Kier alpha value is -5.00. The van der Waals surface area contributed by atoms with Crippen LogP contribution in [0.1, 0.15) is 27.4 Å². The van der Waals surface area contributed by atoms with E-state index in [1.165, 1.54) is 67.8 Å². The van der Waals surface area contributed by atoms with Crippen molar-refractivity contribution in [3.8, 4) is 5.75 Å². The lowest BCUT2D eigenvalue weighted by atomic mass is 10.1. The second kappa shape index (κ2) is 10.1. The topological polar surface area (TPSA) is 141 Å². The van der Waals surface area contributed by atoms with Gasteiger partial charge < -0.3 is 19.2 Å². The molecule has 2 heterocycles. The normalized spacial score (nSPS) is 14.2. The molecule has 0 radical (unpaired) electrons. The van der Waals surface area contributed by atoms with E-state index in [-0.39, 0.29) is 47.4 Å². The van der Waals surface area contributed by atoms with Gasteiger partial charge in [-0.25, -0.2) is 14.0 Å². The second-order valence-corrected chi connectivity index (χ2v) is 7.50. The third-order valence-electron chi connectivity index (χ3n) is 5.14. The molecule has 0 aliphatic carbocycles. The van der Waals surface area contributed by atoms with Gasteiger partial charge in [-0.15, -0.1) is 0 Å². The number of urea groups is 1. The number of benzene rings is 2. The van der Waals surface area contributed by atoms with Gasteiger partial charge in [0, 0.05) is 11.6 Å². The summed E-state index contributed by atoms with van der Waals surface area (Å²) in [5.74, 6) is -1.92. The standard InChI is InChI=1S/C24H18FN3O8/c1-34-23(30)20-10-9-17(36-20)12-27-22(29)18(26-24(27)31)11-15-3-2-4-19(28(32)33)21(15)35-13-14-5-7-16(25)8-6-14/h2-11H,12-13H2,1H3,(H,26,31). The van der Waals surface area contributed by atoms with E-state index in [1.54, 1.807) is 0 Å². The Labute approximate surface area is 202 Å². The summed E-state index contributed by atoms with van der Waals surface area (Å²) in [4.78, 5) is 48.7. The highest BCUT2D eigenvalue weighted by Crippen LogP contribution is 2.33. The van der Waals surface area contributed by atoms with Crippen LogP contribution in [0.4, 0.5) is 14.9 Å². The zero-order valence-corrected chi connectivity index (χ0v) is 18.7. The zero-order chi connectivity index (χ0) is 25.8. The Balaban J connectivity index is 1.58. The first kappa shape index (κ1) is 24.1. The Morgan fingerprint density at radius 1 is 1.17 bits per heavy atom. The van der Waals surface area contributed by atoms with Gasteiger partial charge in [0.15, 0.2) is 0 Å². The summed E-state index contributed by atoms with van der Waals surface area (Å²) in [7, 11) is 1.19. The van der Waals surface area contributed by atoms with Crippen LogP contribution in [-0.4, -0.2) is 34.8 Å². The molecule has 1 aliphatic rings. The first-order valence-corrected chi connectivity index (χ1v) is 10.4. The smallest absolute Gasteiger partial charge is 0.373 e. The number of nitro groups is 1. The molecule has 1 aromatic heterocycles. The van der Waals surface area contributed by atoms with Gasteiger partial charge in [-0.3, -0.25) is 19.8 Å². The van der Waals surface area contributed by atoms with Crippen molar-refractivity contribution < 1.29 is 37.6 Å². The number of amides is 3. The van der Waals surface area contributed by atoms with Crippen LogP contribution in [0, 0.1) is 15.9 Å². The van der Waals surface area contributed by atoms with Crippen molar-refractivity contribution >= 4 is 29.7 Å². The number of nitrogens with zero attached hydrogens (tertiary/aromatic N) is 2. The molecular weight excluding hydrogens is 477 g/mol. The minimum Gasteiger partial charge on any atom is -0.482 e. The summed E-state index contributed by atoms with van der Waals surface area (Å²) >= 11 is 0. The third kappa shape index (κ3) is 5.06. The molecule has 3 amide bonds. The Morgan fingerprint density at radius 3 is 2.61 bits per heavy atom. The largest absolute Gasteiger partial charge is 0.482 e. The number of rotatable bonds is 8. The number of halogens is 1. The van der Waals surface area contributed by atoms with E-state index in [4.69, 9.17) is 9.15 Å². The molecule has 1 aliphatic heterocycles. The van der Waals surface area contributed by atoms with Crippen molar-refractivity contribution in [2.75, 3.05) is 7.11 Å². The minimum absolute atomic E-state index is 0.0881. The average Bonchev–Trinajstić information content (AvgIpc) is 3.44. The molecule has 0 bridgehead atoms. The number of carbonyl (C=O) groups is 3. The van der Waals surface area contributed by atoms with Gasteiger partial charge in [-0.05, 0) is 35.9 Å². The summed E-state index contributed by atoms with van der Waals surface area (Å²) in [5.41, 5.74) is 0.232. The van der Waals surface area contributed by atoms with Crippen LogP contribution in [-0.2, 0) is 22.7 Å². The van der Waals surface area contributed by atoms with Gasteiger partial charge in [-0.2, -0.15) is 0 Å². The summed E-state index contributed by atoms with van der Waals surface area (Å²) in [6, 6.07) is 11.6. The van der Waals surface area contributed by atoms with Crippen molar-refractivity contribution in [3.63, 3.8) is 0 Å². The van der Waals surface area contributed by atoms with Crippen LogP contribution in [0.25, 0.3) is 6.08 Å². The fourth-order valence-corrected chi connectivity index (χ4v) is 3.39. The maximum Gasteiger partial charge on any atom is 0.373 e. The Bertz CT molecular complexity index is 1380. The number of para-hydroxylation sites is 1. The third-order valence-corrected chi connectivity index (χ3v) is 5.14. The average molecular weight is 495 g/mol. The molecule has 0 spiro atoms. The number of carbonyl (C=O) groups excluding carboxylic acids is 3. The molecule has 0 saturated carbocycles. The molecule has 184 valence electrons. The number of hydrogen-bond acceptors (Lipinski definition) is 8. The second-order valence-electron chi connectivity index (χ2n) is 7.50. The molecule has 3 aromatic rings. The van der Waals surface area contributed by atoms with Crippen molar-refractivity contribution in [1.29, 1.82) is 0 Å². The molecule has 1 fully saturated rings. The summed E-state index contributed by atoms with van der Waals surface area (Å²) in [6.07, 6.45) is 1.26. The van der Waals surface area contributed by atoms with E-state index in [1.807, 2.05) is 0 Å². The van der Waals surface area contributed by atoms with E-state index in [0.717, 1.165) is 4.90 Å². The maximum atomic E-state index is 13.2. The zero-order valence-electron chi connectivity index (χ0n) is 18.7. The fraction of sp³-hybridized carbons (Fsp3) is 0.125. The predicted molar refractivity (Wildman–Crippen MR) is 121 cm³/mol. The van der Waals surface area contributed by atoms with E-state index in [9.17, 15) is 28.9 Å². The van der Waals surface area contributed by atoms with Crippen LogP contribution >= 0.6 is 0 Å². The van der Waals surface area contributed by atoms with Gasteiger partial charge in [0.1, 0.15) is 23.9 Å². The Kier molecular flexibility index (Phi) is 6.77. The number of furan rings is 1. The number of methoxy groups -OCH3 is 1. The summed E-state index contributed by atoms with van der Waals surface area (Å²) in [5, 5.41) is 14.0. The van der Waals surface area contributed by atoms with Crippen molar-refractivity contribution in [2.24, 2.45) is 0 Å². The quantitative estimate of drug-likeness (QED) is 0.164. The van der Waals surface area contributed by atoms with Crippen LogP contribution in [0.2, 0.25) is 0 Å².